The van der Waals surface area contributed by atoms with Gasteiger partial charge in [0.1, 0.15) is 5.54 Å². The number of carbonyl (C=O) groups excluding carboxylic acids is 3. The summed E-state index contributed by atoms with van der Waals surface area (Å²) in [6.07, 6.45) is 3.15. The summed E-state index contributed by atoms with van der Waals surface area (Å²) in [6.45, 7) is 0.142. The molecule has 1 aromatic rings. The first-order chi connectivity index (χ1) is 12.5. The zero-order valence-corrected chi connectivity index (χ0v) is 14.2. The van der Waals surface area contributed by atoms with Gasteiger partial charge in [-0.15, -0.1) is 0 Å². The number of rotatable bonds is 4. The van der Waals surface area contributed by atoms with Gasteiger partial charge in [0.2, 0.25) is 12.7 Å². The average Bonchev–Trinajstić information content (AvgIpc) is 3.29. The van der Waals surface area contributed by atoms with Crippen molar-refractivity contribution in [3.63, 3.8) is 0 Å². The molecule has 3 aliphatic rings. The van der Waals surface area contributed by atoms with Crippen LogP contribution in [-0.2, 0) is 9.59 Å². The summed E-state index contributed by atoms with van der Waals surface area (Å²) in [5, 5.41) is 5.48. The van der Waals surface area contributed by atoms with Crippen molar-refractivity contribution in [3.8, 4) is 11.5 Å². The van der Waals surface area contributed by atoms with Crippen molar-refractivity contribution in [2.45, 2.75) is 37.6 Å². The summed E-state index contributed by atoms with van der Waals surface area (Å²) in [7, 11) is 0. The zero-order valence-electron chi connectivity index (χ0n) is 14.2. The minimum atomic E-state index is -0.755. The van der Waals surface area contributed by atoms with Crippen molar-refractivity contribution in [2.75, 3.05) is 24.4 Å². The number of hydrogen-bond acceptors (Lipinski definition) is 6. The van der Waals surface area contributed by atoms with Crippen LogP contribution in [0.4, 0.5) is 16.2 Å². The fourth-order valence-electron chi connectivity index (χ4n) is 3.69. The molecule has 1 spiro atoms. The third kappa shape index (κ3) is 2.69. The number of nitrogens with one attached hydrogen (secondary N) is 2. The lowest BCUT2D eigenvalue weighted by Crippen LogP contribution is -2.44. The molecule has 1 aromatic carbocycles. The van der Waals surface area contributed by atoms with E-state index in [1.165, 1.54) is 0 Å². The average molecular weight is 360 g/mol. The number of benzene rings is 1. The molecule has 9 nitrogen and oxygen atoms in total. The highest BCUT2D eigenvalue weighted by Gasteiger charge is 2.52. The second-order valence-electron chi connectivity index (χ2n) is 6.77. The summed E-state index contributed by atoms with van der Waals surface area (Å²) in [5.74, 6) is 0.465. The monoisotopic (exact) mass is 360 g/mol. The van der Waals surface area contributed by atoms with E-state index >= 15 is 0 Å². The van der Waals surface area contributed by atoms with Gasteiger partial charge in [-0.1, -0.05) is 12.8 Å². The standard InChI is InChI=1S/C17H20N4O5/c18-10-7-12-13(26-9-25-12)8-11(10)19-14(22)3-6-21-15(23)17(20-16(21)24)4-1-2-5-17/h7-8H,1-6,9,18H2,(H,19,22)(H,20,24). The topological polar surface area (TPSA) is 123 Å². The third-order valence-electron chi connectivity index (χ3n) is 5.08. The summed E-state index contributed by atoms with van der Waals surface area (Å²) >= 11 is 0. The second kappa shape index (κ2) is 6.08. The molecule has 2 aliphatic heterocycles. The first-order valence-electron chi connectivity index (χ1n) is 8.62. The molecule has 2 fully saturated rings. The van der Waals surface area contributed by atoms with E-state index in [1.807, 2.05) is 0 Å². The van der Waals surface area contributed by atoms with Crippen LogP contribution in [0.15, 0.2) is 12.1 Å². The first-order valence-corrected chi connectivity index (χ1v) is 8.62. The number of fused-ring (bicyclic) bond motifs is 1. The van der Waals surface area contributed by atoms with Crippen molar-refractivity contribution in [2.24, 2.45) is 0 Å². The predicted molar refractivity (Wildman–Crippen MR) is 91.7 cm³/mol. The van der Waals surface area contributed by atoms with E-state index in [4.69, 9.17) is 15.2 Å². The third-order valence-corrected chi connectivity index (χ3v) is 5.08. The van der Waals surface area contributed by atoms with Crippen molar-refractivity contribution in [1.29, 1.82) is 0 Å². The number of imide groups is 1. The molecule has 1 aliphatic carbocycles. The summed E-state index contributed by atoms with van der Waals surface area (Å²) in [4.78, 5) is 38.0. The smallest absolute Gasteiger partial charge is 0.325 e. The molecule has 0 radical (unpaired) electrons. The molecule has 138 valence electrons. The molecule has 4 N–H and O–H groups in total. The van der Waals surface area contributed by atoms with E-state index in [9.17, 15) is 14.4 Å². The van der Waals surface area contributed by atoms with E-state index in [0.717, 1.165) is 17.7 Å². The zero-order chi connectivity index (χ0) is 18.3. The quantitative estimate of drug-likeness (QED) is 0.547. The fourth-order valence-corrected chi connectivity index (χ4v) is 3.69. The van der Waals surface area contributed by atoms with Crippen molar-refractivity contribution < 1.29 is 23.9 Å². The normalized spacial score (nSPS) is 19.9. The van der Waals surface area contributed by atoms with Gasteiger partial charge >= 0.3 is 6.03 Å². The number of hydrogen-bond donors (Lipinski definition) is 3. The second-order valence-corrected chi connectivity index (χ2v) is 6.77. The van der Waals surface area contributed by atoms with E-state index in [1.54, 1.807) is 12.1 Å². The first kappa shape index (κ1) is 16.5. The van der Waals surface area contributed by atoms with Gasteiger partial charge in [-0.2, -0.15) is 0 Å². The molecule has 0 unspecified atom stereocenters. The maximum Gasteiger partial charge on any atom is 0.325 e. The Hall–Kier alpha value is -2.97. The van der Waals surface area contributed by atoms with E-state index in [0.29, 0.717) is 35.7 Å². The number of urea groups is 1. The van der Waals surface area contributed by atoms with Gasteiger partial charge in [-0.3, -0.25) is 14.5 Å². The van der Waals surface area contributed by atoms with Crippen LogP contribution < -0.4 is 25.8 Å². The molecular formula is C17H20N4O5. The van der Waals surface area contributed by atoms with Crippen LogP contribution in [0.25, 0.3) is 0 Å². The molecule has 0 atom stereocenters. The van der Waals surface area contributed by atoms with Crippen LogP contribution in [0.2, 0.25) is 0 Å². The maximum atomic E-state index is 12.6. The highest BCUT2D eigenvalue weighted by atomic mass is 16.7. The lowest BCUT2D eigenvalue weighted by Gasteiger charge is -2.20. The minimum Gasteiger partial charge on any atom is -0.454 e. The molecule has 1 saturated carbocycles. The molecule has 0 aromatic heterocycles. The Morgan fingerprint density at radius 3 is 2.65 bits per heavy atom. The Kier molecular flexibility index (Phi) is 3.86. The lowest BCUT2D eigenvalue weighted by atomic mass is 9.98. The van der Waals surface area contributed by atoms with Gasteiger partial charge in [0, 0.05) is 25.1 Å². The molecule has 0 bridgehead atoms. The van der Waals surface area contributed by atoms with E-state index in [-0.39, 0.29) is 31.6 Å². The largest absolute Gasteiger partial charge is 0.454 e. The number of anilines is 2. The molecule has 26 heavy (non-hydrogen) atoms. The molecule has 2 heterocycles. The lowest BCUT2D eigenvalue weighted by molar-refractivity contribution is -0.131. The van der Waals surface area contributed by atoms with Crippen LogP contribution in [0, 0.1) is 0 Å². The Labute approximate surface area is 149 Å². The highest BCUT2D eigenvalue weighted by molar-refractivity contribution is 6.07. The van der Waals surface area contributed by atoms with Crippen molar-refractivity contribution in [3.05, 3.63) is 12.1 Å². The van der Waals surface area contributed by atoms with E-state index < -0.39 is 11.6 Å². The maximum absolute atomic E-state index is 12.6. The Balaban J connectivity index is 1.37. The van der Waals surface area contributed by atoms with Gasteiger partial charge in [0.15, 0.2) is 11.5 Å². The Bertz CT molecular complexity index is 788. The summed E-state index contributed by atoms with van der Waals surface area (Å²) < 4.78 is 10.5. The van der Waals surface area contributed by atoms with Gasteiger partial charge < -0.3 is 25.8 Å². The van der Waals surface area contributed by atoms with Gasteiger partial charge in [0.25, 0.3) is 5.91 Å². The number of nitrogens with two attached hydrogens (primary N) is 1. The summed E-state index contributed by atoms with van der Waals surface area (Å²) in [5.41, 5.74) is 5.91. The fraction of sp³-hybridized carbons (Fsp3) is 0.471. The van der Waals surface area contributed by atoms with Crippen LogP contribution in [0.1, 0.15) is 32.1 Å². The SMILES string of the molecule is Nc1cc2c(cc1NC(=O)CCN1C(=O)NC3(CCCC3)C1=O)OCO2. The van der Waals surface area contributed by atoms with Crippen LogP contribution in [0.5, 0.6) is 11.5 Å². The highest BCUT2D eigenvalue weighted by Crippen LogP contribution is 2.38. The molecule has 1 saturated heterocycles. The Morgan fingerprint density at radius 1 is 1.23 bits per heavy atom. The Morgan fingerprint density at radius 2 is 1.92 bits per heavy atom. The number of nitrogen functional groups attached to an aromatic ring is 1. The van der Waals surface area contributed by atoms with Crippen LogP contribution in [-0.4, -0.2) is 41.6 Å². The van der Waals surface area contributed by atoms with E-state index in [2.05, 4.69) is 10.6 Å². The molecule has 9 heteroatoms. The molecular weight excluding hydrogens is 340 g/mol. The van der Waals surface area contributed by atoms with Gasteiger partial charge in [-0.05, 0) is 12.8 Å². The van der Waals surface area contributed by atoms with Crippen molar-refractivity contribution in [1.82, 2.24) is 10.2 Å². The number of carbonyl (C=O) groups is 3. The minimum absolute atomic E-state index is 0.0108. The van der Waals surface area contributed by atoms with Gasteiger partial charge in [0.05, 0.1) is 11.4 Å². The number of ether oxygens (including phenoxy) is 2. The molecule has 4 amide bonds. The predicted octanol–water partition coefficient (Wildman–Crippen LogP) is 1.19. The van der Waals surface area contributed by atoms with Crippen molar-refractivity contribution >= 4 is 29.2 Å². The van der Waals surface area contributed by atoms with Crippen LogP contribution >= 0.6 is 0 Å². The summed E-state index contributed by atoms with van der Waals surface area (Å²) in [6, 6.07) is 2.75. The van der Waals surface area contributed by atoms with Crippen LogP contribution in [0.3, 0.4) is 0 Å². The number of amides is 4. The molecule has 4 rings (SSSR count). The number of nitrogens with zero attached hydrogens (tertiary/aromatic N) is 1. The van der Waals surface area contributed by atoms with Gasteiger partial charge in [-0.25, -0.2) is 4.79 Å².